The van der Waals surface area contributed by atoms with Crippen molar-refractivity contribution in [2.45, 2.75) is 13.8 Å². The lowest BCUT2D eigenvalue weighted by atomic mass is 10.2. The van der Waals surface area contributed by atoms with Crippen molar-refractivity contribution in [3.63, 3.8) is 0 Å². The standard InChI is InChI=1S/C25H20Cl2N4O/c1-17-22(24(26)30(28-17)19-9-5-3-6-10-19)15-13-21(32)14-16-23-18(2)29-31(25(23)27)20-11-7-4-8-12-20/h3-16H,1-2H3/b15-13+,16-14+. The maximum Gasteiger partial charge on any atom is 0.178 e. The van der Waals surface area contributed by atoms with Crippen LogP contribution in [0.15, 0.2) is 72.8 Å². The Kier molecular flexibility index (Phi) is 6.40. The summed E-state index contributed by atoms with van der Waals surface area (Å²) in [6, 6.07) is 19.2. The number of carbonyl (C=O) groups excluding carboxylic acids is 1. The number of allylic oxidation sites excluding steroid dienone is 2. The first-order chi connectivity index (χ1) is 15.5. The summed E-state index contributed by atoms with van der Waals surface area (Å²) in [6.45, 7) is 3.71. The second-order valence-corrected chi connectivity index (χ2v) is 7.86. The number of para-hydroxylation sites is 2. The molecule has 0 radical (unpaired) electrons. The van der Waals surface area contributed by atoms with Crippen molar-refractivity contribution in [2.75, 3.05) is 0 Å². The van der Waals surface area contributed by atoms with Gasteiger partial charge in [0, 0.05) is 11.1 Å². The van der Waals surface area contributed by atoms with E-state index in [0.717, 1.165) is 22.8 Å². The predicted octanol–water partition coefficient (Wildman–Crippen LogP) is 6.28. The Labute approximate surface area is 196 Å². The van der Waals surface area contributed by atoms with Crippen molar-refractivity contribution in [3.05, 3.63) is 106 Å². The fourth-order valence-electron chi connectivity index (χ4n) is 3.27. The molecule has 0 N–H and O–H groups in total. The molecular weight excluding hydrogens is 443 g/mol. The highest BCUT2D eigenvalue weighted by Gasteiger charge is 2.14. The highest BCUT2D eigenvalue weighted by atomic mass is 35.5. The minimum Gasteiger partial charge on any atom is -0.290 e. The van der Waals surface area contributed by atoms with Gasteiger partial charge in [0.05, 0.1) is 22.8 Å². The van der Waals surface area contributed by atoms with Crippen LogP contribution in [0.5, 0.6) is 0 Å². The van der Waals surface area contributed by atoms with Gasteiger partial charge < -0.3 is 0 Å². The number of benzene rings is 2. The normalized spacial score (nSPS) is 11.6. The highest BCUT2D eigenvalue weighted by Crippen LogP contribution is 2.26. The van der Waals surface area contributed by atoms with Crippen molar-refractivity contribution in [1.82, 2.24) is 19.6 Å². The van der Waals surface area contributed by atoms with E-state index in [9.17, 15) is 4.79 Å². The summed E-state index contributed by atoms with van der Waals surface area (Å²) in [6.07, 6.45) is 6.29. The van der Waals surface area contributed by atoms with E-state index in [1.165, 1.54) is 12.2 Å². The molecule has 0 amide bonds. The zero-order chi connectivity index (χ0) is 22.7. The van der Waals surface area contributed by atoms with E-state index in [0.29, 0.717) is 21.4 Å². The van der Waals surface area contributed by atoms with E-state index in [1.54, 1.807) is 21.5 Å². The molecule has 2 aromatic heterocycles. The summed E-state index contributed by atoms with van der Waals surface area (Å²) in [7, 11) is 0. The molecule has 4 aromatic rings. The average molecular weight is 463 g/mol. The largest absolute Gasteiger partial charge is 0.290 e. The van der Waals surface area contributed by atoms with Gasteiger partial charge in [0.2, 0.25) is 0 Å². The molecule has 0 saturated carbocycles. The summed E-state index contributed by atoms with van der Waals surface area (Å²) in [5, 5.41) is 9.86. The van der Waals surface area contributed by atoms with Crippen molar-refractivity contribution in [1.29, 1.82) is 0 Å². The maximum absolute atomic E-state index is 12.5. The molecule has 32 heavy (non-hydrogen) atoms. The van der Waals surface area contributed by atoms with Gasteiger partial charge in [0.25, 0.3) is 0 Å². The number of halogens is 2. The molecule has 0 aliphatic carbocycles. The zero-order valence-corrected chi connectivity index (χ0v) is 19.0. The van der Waals surface area contributed by atoms with Crippen LogP contribution in [0.25, 0.3) is 23.5 Å². The molecule has 0 fully saturated rings. The van der Waals surface area contributed by atoms with Crippen LogP contribution in [0.3, 0.4) is 0 Å². The van der Waals surface area contributed by atoms with Gasteiger partial charge in [-0.2, -0.15) is 10.2 Å². The van der Waals surface area contributed by atoms with Crippen LogP contribution < -0.4 is 0 Å². The van der Waals surface area contributed by atoms with Gasteiger partial charge in [0.15, 0.2) is 5.78 Å². The van der Waals surface area contributed by atoms with Crippen LogP contribution in [0, 0.1) is 13.8 Å². The van der Waals surface area contributed by atoms with Gasteiger partial charge in [0.1, 0.15) is 10.3 Å². The molecule has 0 aliphatic rings. The quantitative estimate of drug-likeness (QED) is 0.317. The number of nitrogens with zero attached hydrogens (tertiary/aromatic N) is 4. The lowest BCUT2D eigenvalue weighted by Gasteiger charge is -2.02. The topological polar surface area (TPSA) is 52.7 Å². The third kappa shape index (κ3) is 4.44. The number of hydrogen-bond donors (Lipinski definition) is 0. The minimum atomic E-state index is -0.198. The molecule has 5 nitrogen and oxygen atoms in total. The number of ketones is 1. The Bertz CT molecular complexity index is 1220. The van der Waals surface area contributed by atoms with Crippen molar-refractivity contribution >= 4 is 41.1 Å². The van der Waals surface area contributed by atoms with Crippen molar-refractivity contribution < 1.29 is 4.79 Å². The second-order valence-electron chi connectivity index (χ2n) is 7.14. The maximum atomic E-state index is 12.5. The molecule has 2 aromatic carbocycles. The Morgan fingerprint density at radius 1 is 0.719 bits per heavy atom. The van der Waals surface area contributed by atoms with Gasteiger partial charge in [-0.1, -0.05) is 59.6 Å². The highest BCUT2D eigenvalue weighted by molar-refractivity contribution is 6.32. The minimum absolute atomic E-state index is 0.198. The van der Waals surface area contributed by atoms with Crippen molar-refractivity contribution in [3.8, 4) is 11.4 Å². The van der Waals surface area contributed by atoms with E-state index in [2.05, 4.69) is 10.2 Å². The van der Waals surface area contributed by atoms with E-state index in [4.69, 9.17) is 23.2 Å². The van der Waals surface area contributed by atoms with Gasteiger partial charge in [-0.05, 0) is 62.4 Å². The summed E-state index contributed by atoms with van der Waals surface area (Å²) in [5.41, 5.74) is 4.57. The van der Waals surface area contributed by atoms with E-state index in [-0.39, 0.29) is 5.78 Å². The number of aryl methyl sites for hydroxylation is 2. The number of carbonyl (C=O) groups is 1. The molecule has 160 valence electrons. The van der Waals surface area contributed by atoms with Crippen LogP contribution in [0.2, 0.25) is 10.3 Å². The molecule has 0 unspecified atom stereocenters. The molecule has 0 spiro atoms. The molecule has 4 rings (SSSR count). The van der Waals surface area contributed by atoms with Gasteiger partial charge in [-0.3, -0.25) is 4.79 Å². The third-order valence-corrected chi connectivity index (χ3v) is 5.65. The lowest BCUT2D eigenvalue weighted by Crippen LogP contribution is -1.95. The van der Waals surface area contributed by atoms with Crippen LogP contribution >= 0.6 is 23.2 Å². The van der Waals surface area contributed by atoms with E-state index >= 15 is 0 Å². The Hall–Kier alpha value is -3.41. The summed E-state index contributed by atoms with van der Waals surface area (Å²) in [4.78, 5) is 12.5. The van der Waals surface area contributed by atoms with Crippen LogP contribution in [-0.4, -0.2) is 25.3 Å². The molecule has 0 saturated heterocycles. The first kappa shape index (κ1) is 21.8. The molecule has 7 heteroatoms. The number of hydrogen-bond acceptors (Lipinski definition) is 3. The first-order valence-electron chi connectivity index (χ1n) is 9.97. The molecule has 0 bridgehead atoms. The molecule has 0 atom stereocenters. The van der Waals surface area contributed by atoms with E-state index in [1.807, 2.05) is 74.5 Å². The summed E-state index contributed by atoms with van der Waals surface area (Å²) >= 11 is 13.0. The van der Waals surface area contributed by atoms with Crippen molar-refractivity contribution in [2.24, 2.45) is 0 Å². The monoisotopic (exact) mass is 462 g/mol. The Morgan fingerprint density at radius 2 is 1.09 bits per heavy atom. The SMILES string of the molecule is Cc1nn(-c2ccccc2)c(Cl)c1/C=C/C(=O)/C=C/c1c(C)nn(-c2ccccc2)c1Cl. The van der Waals surface area contributed by atoms with Crippen LogP contribution in [0.1, 0.15) is 22.5 Å². The number of aromatic nitrogens is 4. The smallest absolute Gasteiger partial charge is 0.178 e. The second kappa shape index (κ2) is 9.39. The zero-order valence-electron chi connectivity index (χ0n) is 17.5. The van der Waals surface area contributed by atoms with Gasteiger partial charge in [-0.25, -0.2) is 9.36 Å². The summed E-state index contributed by atoms with van der Waals surface area (Å²) < 4.78 is 3.30. The molecule has 2 heterocycles. The van der Waals surface area contributed by atoms with Crippen LogP contribution in [-0.2, 0) is 4.79 Å². The first-order valence-corrected chi connectivity index (χ1v) is 10.7. The lowest BCUT2D eigenvalue weighted by molar-refractivity contribution is -0.110. The van der Waals surface area contributed by atoms with E-state index < -0.39 is 0 Å². The van der Waals surface area contributed by atoms with Crippen LogP contribution in [0.4, 0.5) is 0 Å². The third-order valence-electron chi connectivity index (χ3n) is 4.93. The average Bonchev–Trinajstić information content (AvgIpc) is 3.26. The molecule has 0 aliphatic heterocycles. The molecular formula is C25H20Cl2N4O. The fourth-order valence-corrected chi connectivity index (χ4v) is 3.94. The number of rotatable bonds is 6. The fraction of sp³-hybridized carbons (Fsp3) is 0.0800. The Morgan fingerprint density at radius 3 is 1.47 bits per heavy atom. The Balaban J connectivity index is 1.54. The van der Waals surface area contributed by atoms with Gasteiger partial charge >= 0.3 is 0 Å². The predicted molar refractivity (Wildman–Crippen MR) is 130 cm³/mol. The van der Waals surface area contributed by atoms with Gasteiger partial charge in [-0.15, -0.1) is 0 Å². The summed E-state index contributed by atoms with van der Waals surface area (Å²) in [5.74, 6) is -0.198.